The van der Waals surface area contributed by atoms with Gasteiger partial charge in [-0.05, 0) is 12.1 Å². The fourth-order valence-corrected chi connectivity index (χ4v) is 13.9. The highest BCUT2D eigenvalue weighted by Gasteiger charge is 2.34. The van der Waals surface area contributed by atoms with Gasteiger partial charge in [0.15, 0.2) is 45.9 Å². The van der Waals surface area contributed by atoms with E-state index < -0.39 is 0 Å². The molecule has 7 aromatic heterocycles. The Kier molecular flexibility index (Phi) is 14.7. The number of aromatic amines is 2. The first-order valence-electron chi connectivity index (χ1n) is 26.0. The third-order valence-electron chi connectivity index (χ3n) is 10.9. The molecule has 0 fully saturated rings. The molecule has 0 spiro atoms. The molecule has 2 N–H and O–H groups in total. The van der Waals surface area contributed by atoms with Gasteiger partial charge in [0.05, 0.1) is 11.9 Å². The van der Waals surface area contributed by atoms with Gasteiger partial charge >= 0.3 is 0 Å². The standard InChI is InChI=1S/C56H67N17S6/c1-51(2,3)74-45-46(75-52(4,5)6)60-32-31(59-45)39-66-37-29-30(58-28(25-57-29)26-21-23-27(24-22-26)73(19)20)38(65-37)67-40-33-34(62-48(77-54(10,11)12)47(61-33)76-53(7,8)9)42(69-40)71-44-36-35(43(72-44)70-41(32)68-39)63-49(78-55(13,14)15)50(64-36)79-56(16,17)18/h21-25H,1-20H3,(H2,65,66,67,68,69,70,71,72). The van der Waals surface area contributed by atoms with Gasteiger partial charge in [0, 0.05) is 53.8 Å². The summed E-state index contributed by atoms with van der Waals surface area (Å²) in [5, 5.41) is 4.61. The smallest absolute Gasteiger partial charge is 0.184 e. The Morgan fingerprint density at radius 2 is 0.608 bits per heavy atom. The predicted molar refractivity (Wildman–Crippen MR) is 332 cm³/mol. The summed E-state index contributed by atoms with van der Waals surface area (Å²) in [4.78, 5) is 83.8. The van der Waals surface area contributed by atoms with Crippen LogP contribution in [0.25, 0.3) is 102 Å². The van der Waals surface area contributed by atoms with E-state index in [-0.39, 0.29) is 46.0 Å². The van der Waals surface area contributed by atoms with Crippen molar-refractivity contribution >= 4 is 121 Å². The molecule has 0 amide bonds. The van der Waals surface area contributed by atoms with Crippen molar-refractivity contribution in [2.75, 3.05) is 19.0 Å². The lowest BCUT2D eigenvalue weighted by Crippen LogP contribution is -2.12. The Bertz CT molecular complexity index is 3910. The van der Waals surface area contributed by atoms with Crippen molar-refractivity contribution in [1.29, 1.82) is 0 Å². The van der Waals surface area contributed by atoms with Crippen LogP contribution in [0.15, 0.2) is 60.6 Å². The van der Waals surface area contributed by atoms with Crippen LogP contribution in [0.1, 0.15) is 125 Å². The second-order valence-electron chi connectivity index (χ2n) is 25.4. The first-order chi connectivity index (χ1) is 36.6. The summed E-state index contributed by atoms with van der Waals surface area (Å²) in [6, 6.07) is 8.19. The highest BCUT2D eigenvalue weighted by molar-refractivity contribution is 8.04. The van der Waals surface area contributed by atoms with E-state index >= 15 is 0 Å². The van der Waals surface area contributed by atoms with Gasteiger partial charge in [-0.3, -0.25) is 0 Å². The molecule has 79 heavy (non-hydrogen) atoms. The molecule has 9 heterocycles. The van der Waals surface area contributed by atoms with Crippen LogP contribution >= 0.6 is 70.6 Å². The van der Waals surface area contributed by atoms with E-state index in [1.807, 2.05) is 26.2 Å². The van der Waals surface area contributed by atoms with Crippen molar-refractivity contribution in [1.82, 2.24) is 79.7 Å². The lowest BCUT2D eigenvalue weighted by Gasteiger charge is -2.22. The van der Waals surface area contributed by atoms with Gasteiger partial charge < -0.3 is 14.9 Å². The average molecular weight is 1170 g/mol. The first-order valence-corrected chi connectivity index (χ1v) is 30.9. The molecular formula is C56H67N17S6. The summed E-state index contributed by atoms with van der Waals surface area (Å²) in [6.07, 6.45) is 1.76. The molecule has 412 valence electrons. The van der Waals surface area contributed by atoms with Gasteiger partial charge in [-0.2, -0.15) is 0 Å². The second kappa shape index (κ2) is 20.4. The highest BCUT2D eigenvalue weighted by Crippen LogP contribution is 2.47. The molecule has 8 bridgehead atoms. The monoisotopic (exact) mass is 1170 g/mol. The number of hydrogen-bond donors (Lipinski definition) is 2. The summed E-state index contributed by atoms with van der Waals surface area (Å²) in [6.45, 7) is 39.1. The predicted octanol–water partition coefficient (Wildman–Crippen LogP) is 15.1. The number of aromatic nitrogens is 16. The highest BCUT2D eigenvalue weighted by atomic mass is 32.2. The number of rotatable bonds is 8. The van der Waals surface area contributed by atoms with Gasteiger partial charge in [-0.15, -0.1) is 0 Å². The molecule has 0 unspecified atom stereocenters. The second-order valence-corrected chi connectivity index (χ2v) is 36.3. The van der Waals surface area contributed by atoms with Gasteiger partial charge in [0.1, 0.15) is 75.0 Å². The van der Waals surface area contributed by atoms with E-state index in [9.17, 15) is 0 Å². The summed E-state index contributed by atoms with van der Waals surface area (Å²) in [7, 11) is 4.03. The molecule has 0 saturated heterocycles. The minimum absolute atomic E-state index is 0.198. The van der Waals surface area contributed by atoms with Crippen LogP contribution in [0.4, 0.5) is 5.69 Å². The third kappa shape index (κ3) is 13.0. The van der Waals surface area contributed by atoms with Crippen LogP contribution in [0.3, 0.4) is 0 Å². The summed E-state index contributed by atoms with van der Waals surface area (Å²) >= 11 is 9.90. The Hall–Kier alpha value is -5.20. The quantitative estimate of drug-likeness (QED) is 0.135. The fraction of sp³-hybridized carbons (Fsp3) is 0.464. The van der Waals surface area contributed by atoms with E-state index in [2.05, 4.69) is 152 Å². The average Bonchev–Trinajstić information content (AvgIpc) is 4.21. The molecule has 0 atom stereocenters. The molecule has 2 aliphatic rings. The number of thioether (sulfide) groups is 6. The largest absolute Gasteiger partial charge is 0.378 e. The summed E-state index contributed by atoms with van der Waals surface area (Å²) in [5.41, 5.74) is 7.87. The number of H-pyrrole nitrogens is 2. The Balaban J connectivity index is 1.38. The lowest BCUT2D eigenvalue weighted by atomic mass is 10.1. The lowest BCUT2D eigenvalue weighted by molar-refractivity contribution is 0.778. The van der Waals surface area contributed by atoms with E-state index in [0.717, 1.165) is 41.4 Å². The minimum Gasteiger partial charge on any atom is -0.378 e. The number of nitrogens with one attached hydrogen (secondary N) is 2. The Morgan fingerprint density at radius 3 is 0.899 bits per heavy atom. The zero-order valence-electron chi connectivity index (χ0n) is 48.5. The number of fused-ring (bicyclic) bond motifs is 20. The topological polar surface area (TPSA) is 215 Å². The molecule has 2 aliphatic heterocycles. The summed E-state index contributed by atoms with van der Waals surface area (Å²) < 4.78 is -1.20. The molecule has 0 aliphatic carbocycles. The van der Waals surface area contributed by atoms with E-state index in [1.54, 1.807) is 76.8 Å². The van der Waals surface area contributed by atoms with Crippen LogP contribution in [0.5, 0.6) is 0 Å². The zero-order valence-corrected chi connectivity index (χ0v) is 53.4. The van der Waals surface area contributed by atoms with Gasteiger partial charge in [-0.25, -0.2) is 69.8 Å². The Morgan fingerprint density at radius 1 is 0.329 bits per heavy atom. The fourth-order valence-electron chi connectivity index (χ4n) is 8.04. The Labute approximate surface area is 487 Å². The zero-order chi connectivity index (χ0) is 57.1. The molecule has 8 aromatic rings. The van der Waals surface area contributed by atoms with Crippen molar-refractivity contribution in [3.8, 4) is 57.3 Å². The first kappa shape index (κ1) is 57.1. The molecule has 0 saturated carbocycles. The van der Waals surface area contributed by atoms with E-state index in [0.29, 0.717) is 78.9 Å². The number of hydrogen-bond acceptors (Lipinski definition) is 21. The molecule has 23 heteroatoms. The maximum Gasteiger partial charge on any atom is 0.184 e. The van der Waals surface area contributed by atoms with Crippen molar-refractivity contribution in [2.24, 2.45) is 0 Å². The summed E-state index contributed by atoms with van der Waals surface area (Å²) in [5.74, 6) is 1.15. The normalized spacial score (nSPS) is 13.4. The number of benzene rings is 1. The van der Waals surface area contributed by atoms with Crippen molar-refractivity contribution in [3.63, 3.8) is 0 Å². The maximum absolute atomic E-state index is 5.44. The number of anilines is 1. The SMILES string of the molecule is CN(C)c1ccc(-c2cnc3c4nc5nc(nc6[nH]c(nc7nc(nc([nH]4)c3n2)-c2nc(SC(C)(C)C)c(SC(C)(C)C)nc2-7)c2nc(SC(C)(C)C)c(SC(C)(C)C)nc62)-c2nc(SC(C)(C)C)c(SC(C)(C)C)nc2-5)cc1. The van der Waals surface area contributed by atoms with Crippen molar-refractivity contribution < 1.29 is 0 Å². The van der Waals surface area contributed by atoms with Crippen molar-refractivity contribution in [3.05, 3.63) is 30.5 Å². The van der Waals surface area contributed by atoms with Gasteiger partial charge in [0.2, 0.25) is 0 Å². The van der Waals surface area contributed by atoms with Crippen molar-refractivity contribution in [2.45, 2.75) is 183 Å². The number of nitrogens with zero attached hydrogens (tertiary/aromatic N) is 15. The maximum atomic E-state index is 5.44. The van der Waals surface area contributed by atoms with Gasteiger partial charge in [0.25, 0.3) is 0 Å². The molecule has 1 aromatic carbocycles. The van der Waals surface area contributed by atoms with E-state index in [4.69, 9.17) is 69.8 Å². The third-order valence-corrected chi connectivity index (χ3v) is 17.8. The minimum atomic E-state index is -0.202. The van der Waals surface area contributed by atoms with Crippen LogP contribution in [-0.4, -0.2) is 122 Å². The molecule has 17 nitrogen and oxygen atoms in total. The molecular weight excluding hydrogens is 1100 g/mol. The molecule has 0 radical (unpaired) electrons. The molecule has 10 rings (SSSR count). The van der Waals surface area contributed by atoms with Crippen LogP contribution in [0.2, 0.25) is 0 Å². The van der Waals surface area contributed by atoms with E-state index in [1.165, 1.54) is 0 Å². The van der Waals surface area contributed by atoms with Gasteiger partial charge in [-0.1, -0.05) is 207 Å². The van der Waals surface area contributed by atoms with Crippen LogP contribution < -0.4 is 4.90 Å². The van der Waals surface area contributed by atoms with Crippen LogP contribution in [-0.2, 0) is 0 Å². The van der Waals surface area contributed by atoms with Crippen LogP contribution in [0, 0.1) is 0 Å².